The van der Waals surface area contributed by atoms with Crippen molar-refractivity contribution < 1.29 is 22.9 Å². The zero-order valence-electron chi connectivity index (χ0n) is 17.4. The third kappa shape index (κ3) is 3.88. The molecule has 174 valence electrons. The fourth-order valence-electron chi connectivity index (χ4n) is 4.34. The average molecular weight is 489 g/mol. The lowest BCUT2D eigenvalue weighted by atomic mass is 9.75. The minimum Gasteiger partial charge on any atom is -0.384 e. The minimum atomic E-state index is -4.65. The number of halogens is 4. The number of nitrogens with two attached hydrogens (primary N) is 1. The van der Waals surface area contributed by atoms with Crippen LogP contribution in [0, 0.1) is 21.4 Å². The first-order valence-electron chi connectivity index (χ1n) is 10.1. The summed E-state index contributed by atoms with van der Waals surface area (Å²) in [5, 5.41) is 21.0. The molecular weight excluding hydrogens is 473 g/mol. The highest BCUT2D eigenvalue weighted by Crippen LogP contribution is 2.48. The van der Waals surface area contributed by atoms with Gasteiger partial charge in [0.2, 0.25) is 0 Å². The van der Waals surface area contributed by atoms with Gasteiger partial charge in [-0.25, -0.2) is 0 Å². The van der Waals surface area contributed by atoms with Crippen LogP contribution >= 0.6 is 11.6 Å². The smallest absolute Gasteiger partial charge is 0.384 e. The molecular formula is C23H16ClF3N4O3. The molecule has 1 atom stereocenters. The largest absolute Gasteiger partial charge is 0.416 e. The fourth-order valence-corrected chi connectivity index (χ4v) is 4.55. The van der Waals surface area contributed by atoms with Gasteiger partial charge in [0, 0.05) is 29.8 Å². The molecule has 1 aliphatic carbocycles. The quantitative estimate of drug-likeness (QED) is 0.446. The average Bonchev–Trinajstić information content (AvgIpc) is 2.78. The molecule has 0 bridgehead atoms. The molecule has 0 radical (unpaired) electrons. The van der Waals surface area contributed by atoms with E-state index < -0.39 is 22.6 Å². The van der Waals surface area contributed by atoms with Crippen LogP contribution in [0.25, 0.3) is 0 Å². The molecule has 4 rings (SSSR count). The van der Waals surface area contributed by atoms with Gasteiger partial charge in [-0.1, -0.05) is 23.7 Å². The van der Waals surface area contributed by atoms with E-state index in [2.05, 4.69) is 0 Å². The molecule has 11 heteroatoms. The first-order valence-corrected chi connectivity index (χ1v) is 10.5. The Bertz CT molecular complexity index is 1310. The van der Waals surface area contributed by atoms with Gasteiger partial charge in [0.15, 0.2) is 5.78 Å². The van der Waals surface area contributed by atoms with Gasteiger partial charge in [0.1, 0.15) is 5.82 Å². The number of nitro benzene ring substituents is 1. The number of anilines is 1. The van der Waals surface area contributed by atoms with Gasteiger partial charge in [-0.05, 0) is 36.6 Å². The van der Waals surface area contributed by atoms with E-state index in [9.17, 15) is 33.3 Å². The Morgan fingerprint density at radius 1 is 1.18 bits per heavy atom. The zero-order chi connectivity index (χ0) is 24.8. The number of non-ortho nitro benzene ring substituents is 1. The summed E-state index contributed by atoms with van der Waals surface area (Å²) in [6.07, 6.45) is -3.71. The number of allylic oxidation sites excluding steroid dienone is 3. The number of nitro groups is 1. The molecule has 0 amide bonds. The van der Waals surface area contributed by atoms with Crippen LogP contribution in [0.15, 0.2) is 65.1 Å². The number of carbonyl (C=O) groups is 1. The summed E-state index contributed by atoms with van der Waals surface area (Å²) in [4.78, 5) is 24.8. The van der Waals surface area contributed by atoms with E-state index >= 15 is 0 Å². The molecule has 2 aliphatic rings. The van der Waals surface area contributed by atoms with Crippen molar-refractivity contribution in [3.05, 3.63) is 91.4 Å². The number of hydrogen-bond donors (Lipinski definition) is 1. The highest BCUT2D eigenvalue weighted by Gasteiger charge is 2.41. The molecule has 7 nitrogen and oxygen atoms in total. The van der Waals surface area contributed by atoms with Gasteiger partial charge < -0.3 is 5.73 Å². The van der Waals surface area contributed by atoms with Crippen LogP contribution in [0.2, 0.25) is 5.02 Å². The van der Waals surface area contributed by atoms with Gasteiger partial charge >= 0.3 is 6.18 Å². The van der Waals surface area contributed by atoms with Crippen LogP contribution < -0.4 is 10.6 Å². The van der Waals surface area contributed by atoms with Crippen molar-refractivity contribution in [1.82, 2.24) is 0 Å². The van der Waals surface area contributed by atoms with E-state index in [1.165, 1.54) is 29.2 Å². The van der Waals surface area contributed by atoms with Crippen molar-refractivity contribution in [3.63, 3.8) is 0 Å². The molecule has 1 aliphatic heterocycles. The lowest BCUT2D eigenvalue weighted by Crippen LogP contribution is -2.39. The maximum absolute atomic E-state index is 13.4. The number of nitrogens with zero attached hydrogens (tertiary/aromatic N) is 3. The Hall–Kier alpha value is -3.84. The summed E-state index contributed by atoms with van der Waals surface area (Å²) in [6.45, 7) is 0. The maximum Gasteiger partial charge on any atom is 0.416 e. The van der Waals surface area contributed by atoms with Crippen molar-refractivity contribution in [3.8, 4) is 6.07 Å². The summed E-state index contributed by atoms with van der Waals surface area (Å²) in [5.41, 5.74) is 6.08. The Morgan fingerprint density at radius 3 is 2.44 bits per heavy atom. The number of Topliss-reactive ketones (excluding diaryl/α,β-unsaturated/α-hetero) is 1. The number of benzene rings is 2. The summed E-state index contributed by atoms with van der Waals surface area (Å²) >= 11 is 6.26. The molecule has 2 N–H and O–H groups in total. The number of rotatable bonds is 3. The highest BCUT2D eigenvalue weighted by molar-refractivity contribution is 6.33. The summed E-state index contributed by atoms with van der Waals surface area (Å²) in [7, 11) is 0. The standard InChI is InChI=1S/C23H16ClF3N4O3/c24-16-9-6-13(23(25,26)27)10-18(16)30-17-2-1-3-19(32)21(17)20(15(11-28)22(30)29)12-4-7-14(8-5-12)31(33)34/h4-10,20H,1-3,29H2/t20-/m1/s1. The molecule has 0 fully saturated rings. The molecule has 0 spiro atoms. The molecule has 1 heterocycles. The summed E-state index contributed by atoms with van der Waals surface area (Å²) in [5.74, 6) is -1.34. The Labute approximate surface area is 196 Å². The van der Waals surface area contributed by atoms with Gasteiger partial charge in [0.05, 0.1) is 38.8 Å². The van der Waals surface area contributed by atoms with E-state index in [0.29, 0.717) is 24.1 Å². The second-order valence-electron chi connectivity index (χ2n) is 7.83. The van der Waals surface area contributed by atoms with E-state index in [1.54, 1.807) is 0 Å². The lowest BCUT2D eigenvalue weighted by molar-refractivity contribution is -0.384. The molecule has 0 saturated carbocycles. The van der Waals surface area contributed by atoms with Gasteiger partial charge in [-0.3, -0.25) is 19.8 Å². The highest BCUT2D eigenvalue weighted by atomic mass is 35.5. The predicted octanol–water partition coefficient (Wildman–Crippen LogP) is 5.57. The number of alkyl halides is 3. The van der Waals surface area contributed by atoms with Gasteiger partial charge in [-0.2, -0.15) is 18.4 Å². The van der Waals surface area contributed by atoms with Crippen molar-refractivity contribution in [2.45, 2.75) is 31.4 Å². The monoisotopic (exact) mass is 488 g/mol. The molecule has 2 aromatic rings. The number of carbonyl (C=O) groups excluding carboxylic acids is 1. The van der Waals surface area contributed by atoms with E-state index in [1.807, 2.05) is 6.07 Å². The normalized spacial score (nSPS) is 18.6. The van der Waals surface area contributed by atoms with Crippen molar-refractivity contribution in [2.75, 3.05) is 4.90 Å². The number of nitriles is 1. The summed E-state index contributed by atoms with van der Waals surface area (Å²) < 4.78 is 40.2. The van der Waals surface area contributed by atoms with E-state index in [-0.39, 0.29) is 45.6 Å². The maximum atomic E-state index is 13.4. The van der Waals surface area contributed by atoms with E-state index in [4.69, 9.17) is 17.3 Å². The molecule has 0 unspecified atom stereocenters. The third-order valence-electron chi connectivity index (χ3n) is 5.86. The fraction of sp³-hybridized carbons (Fsp3) is 0.217. The number of hydrogen-bond acceptors (Lipinski definition) is 6. The lowest BCUT2D eigenvalue weighted by Gasteiger charge is -2.40. The molecule has 34 heavy (non-hydrogen) atoms. The second-order valence-corrected chi connectivity index (χ2v) is 8.24. The SMILES string of the molecule is N#CC1=C(N)N(c2cc(C(F)(F)F)ccc2Cl)C2=C(C(=O)CCC2)[C@@H]1c1ccc([N+](=O)[O-])cc1. The van der Waals surface area contributed by atoms with Gasteiger partial charge in [-0.15, -0.1) is 0 Å². The van der Waals surface area contributed by atoms with Crippen molar-refractivity contribution in [1.29, 1.82) is 5.26 Å². The summed E-state index contributed by atoms with van der Waals surface area (Å²) in [6, 6.07) is 10.1. The first-order chi connectivity index (χ1) is 16.0. The van der Waals surface area contributed by atoms with Crippen LogP contribution in [0.5, 0.6) is 0 Å². The predicted molar refractivity (Wildman–Crippen MR) is 117 cm³/mol. The van der Waals surface area contributed by atoms with Crippen molar-refractivity contribution >= 4 is 28.8 Å². The Morgan fingerprint density at radius 2 is 1.85 bits per heavy atom. The van der Waals surface area contributed by atoms with Crippen LogP contribution in [0.3, 0.4) is 0 Å². The van der Waals surface area contributed by atoms with Crippen LogP contribution in [-0.2, 0) is 11.0 Å². The number of ketones is 1. The first kappa shape index (κ1) is 23.3. The van der Waals surface area contributed by atoms with Gasteiger partial charge in [0.25, 0.3) is 5.69 Å². The Kier molecular flexibility index (Phi) is 5.83. The molecule has 0 aromatic heterocycles. The van der Waals surface area contributed by atoms with Crippen molar-refractivity contribution in [2.24, 2.45) is 5.73 Å². The van der Waals surface area contributed by atoms with Crippen LogP contribution in [0.4, 0.5) is 24.5 Å². The van der Waals surface area contributed by atoms with E-state index in [0.717, 1.165) is 18.2 Å². The molecule has 2 aromatic carbocycles. The molecule has 0 saturated heterocycles. The zero-order valence-corrected chi connectivity index (χ0v) is 18.2. The Balaban J connectivity index is 1.96. The van der Waals surface area contributed by atoms with Crippen LogP contribution in [0.1, 0.15) is 36.3 Å². The topological polar surface area (TPSA) is 113 Å². The second kappa shape index (κ2) is 8.50. The third-order valence-corrected chi connectivity index (χ3v) is 6.18. The van der Waals surface area contributed by atoms with Crippen LogP contribution in [-0.4, -0.2) is 10.7 Å². The minimum absolute atomic E-state index is 0.0353.